The summed E-state index contributed by atoms with van der Waals surface area (Å²) >= 11 is 12.6. The van der Waals surface area contributed by atoms with Crippen LogP contribution in [0.15, 0.2) is 48.8 Å². The van der Waals surface area contributed by atoms with Crippen LogP contribution in [0.4, 0.5) is 8.78 Å². The summed E-state index contributed by atoms with van der Waals surface area (Å²) in [7, 11) is 2.96. The Morgan fingerprint density at radius 1 is 0.976 bits per heavy atom. The molecule has 4 rings (SSSR count). The van der Waals surface area contributed by atoms with Gasteiger partial charge in [-0.25, -0.2) is 4.79 Å². The SMILES string of the molecule is COc1ccc(OCC(=O)OC(Cc2c(Cl)c[n+]([O-])cc2Cl)c2ccc(OC(F)F)c(OCC3CC3)c2)cc1OC. The smallest absolute Gasteiger partial charge is 0.387 e. The van der Waals surface area contributed by atoms with Crippen LogP contribution in [-0.2, 0) is 16.0 Å². The third-order valence-electron chi connectivity index (χ3n) is 6.16. The number of carbonyl (C=O) groups excluding carboxylic acids is 1. The summed E-state index contributed by atoms with van der Waals surface area (Å²) in [6.07, 6.45) is 3.14. The lowest BCUT2D eigenvalue weighted by Crippen LogP contribution is -2.26. The molecule has 0 N–H and O–H groups in total. The fourth-order valence-electron chi connectivity index (χ4n) is 3.90. The first-order chi connectivity index (χ1) is 19.7. The molecule has 0 spiro atoms. The van der Waals surface area contributed by atoms with Gasteiger partial charge in [0.15, 0.2) is 42.0 Å². The van der Waals surface area contributed by atoms with Gasteiger partial charge in [-0.2, -0.15) is 13.5 Å². The molecule has 41 heavy (non-hydrogen) atoms. The third kappa shape index (κ3) is 8.40. The summed E-state index contributed by atoms with van der Waals surface area (Å²) in [5.41, 5.74) is 0.732. The van der Waals surface area contributed by atoms with Crippen molar-refractivity contribution in [2.45, 2.75) is 32.0 Å². The van der Waals surface area contributed by atoms with E-state index >= 15 is 0 Å². The van der Waals surface area contributed by atoms with Crippen molar-refractivity contribution in [3.63, 3.8) is 0 Å². The Hall–Kier alpha value is -3.70. The lowest BCUT2D eigenvalue weighted by molar-refractivity contribution is -0.605. The number of carbonyl (C=O) groups is 1. The minimum absolute atomic E-state index is 0.0439. The number of halogens is 4. The standard InChI is InChI=1S/C28H27Cl2F2NO8/c1-36-22-8-6-18(10-25(22)37-2)38-15-27(34)40-24(11-19-20(29)12-33(35)13-21(19)30)17-5-7-23(41-28(31)32)26(9-17)39-14-16-3-4-16/h5-10,12-13,16,24,28H,3-4,11,14-15H2,1-2H3. The van der Waals surface area contributed by atoms with E-state index in [1.165, 1.54) is 32.4 Å². The zero-order chi connectivity index (χ0) is 29.5. The molecule has 1 aliphatic carbocycles. The van der Waals surface area contributed by atoms with E-state index in [1.54, 1.807) is 18.2 Å². The molecule has 1 saturated carbocycles. The van der Waals surface area contributed by atoms with E-state index in [-0.39, 0.29) is 28.0 Å². The van der Waals surface area contributed by atoms with E-state index in [4.69, 9.17) is 46.9 Å². The van der Waals surface area contributed by atoms with E-state index in [9.17, 15) is 18.8 Å². The summed E-state index contributed by atoms with van der Waals surface area (Å²) in [5.74, 6) is 0.716. The van der Waals surface area contributed by atoms with Gasteiger partial charge in [-0.05, 0) is 48.6 Å². The minimum Gasteiger partial charge on any atom is -0.619 e. The molecule has 0 bridgehead atoms. The van der Waals surface area contributed by atoms with E-state index in [0.29, 0.717) is 45.6 Å². The fourth-order valence-corrected chi connectivity index (χ4v) is 4.50. The van der Waals surface area contributed by atoms with Gasteiger partial charge in [-0.15, -0.1) is 0 Å². The van der Waals surface area contributed by atoms with E-state index in [0.717, 1.165) is 25.2 Å². The number of rotatable bonds is 14. The van der Waals surface area contributed by atoms with Crippen LogP contribution < -0.4 is 28.4 Å². The van der Waals surface area contributed by atoms with Gasteiger partial charge >= 0.3 is 12.6 Å². The second kappa shape index (κ2) is 13.8. The maximum Gasteiger partial charge on any atom is 0.387 e. The number of nitrogens with zero attached hydrogens (tertiary/aromatic N) is 1. The molecule has 0 radical (unpaired) electrons. The predicted molar refractivity (Wildman–Crippen MR) is 144 cm³/mol. The van der Waals surface area contributed by atoms with Gasteiger partial charge in [-0.3, -0.25) is 0 Å². The molecule has 220 valence electrons. The van der Waals surface area contributed by atoms with Crippen LogP contribution in [0.1, 0.15) is 30.1 Å². The Morgan fingerprint density at radius 2 is 1.66 bits per heavy atom. The number of hydrogen-bond acceptors (Lipinski definition) is 8. The van der Waals surface area contributed by atoms with Gasteiger partial charge in [0, 0.05) is 18.1 Å². The Balaban J connectivity index is 1.58. The van der Waals surface area contributed by atoms with Gasteiger partial charge in [0.2, 0.25) is 0 Å². The van der Waals surface area contributed by atoms with Crippen molar-refractivity contribution in [2.24, 2.45) is 5.92 Å². The summed E-state index contributed by atoms with van der Waals surface area (Å²) in [4.78, 5) is 12.9. The molecule has 0 amide bonds. The lowest BCUT2D eigenvalue weighted by Gasteiger charge is -2.21. The van der Waals surface area contributed by atoms with Gasteiger partial charge < -0.3 is 33.6 Å². The summed E-state index contributed by atoms with van der Waals surface area (Å²) < 4.78 is 58.7. The maximum absolute atomic E-state index is 13.0. The zero-order valence-electron chi connectivity index (χ0n) is 22.1. The minimum atomic E-state index is -3.06. The van der Waals surface area contributed by atoms with Crippen molar-refractivity contribution in [2.75, 3.05) is 27.4 Å². The van der Waals surface area contributed by atoms with Crippen molar-refractivity contribution < 1.29 is 46.7 Å². The molecule has 1 atom stereocenters. The Morgan fingerprint density at radius 3 is 2.29 bits per heavy atom. The first kappa shape index (κ1) is 30.3. The van der Waals surface area contributed by atoms with Crippen LogP contribution in [-0.4, -0.2) is 40.0 Å². The molecule has 2 aromatic carbocycles. The molecule has 1 aliphatic rings. The summed E-state index contributed by atoms with van der Waals surface area (Å²) in [6, 6.07) is 9.01. The monoisotopic (exact) mass is 613 g/mol. The molecule has 9 nitrogen and oxygen atoms in total. The average molecular weight is 614 g/mol. The number of ether oxygens (including phenoxy) is 6. The van der Waals surface area contributed by atoms with Gasteiger partial charge in [0.1, 0.15) is 21.9 Å². The second-order valence-corrected chi connectivity index (χ2v) is 9.93. The van der Waals surface area contributed by atoms with Crippen molar-refractivity contribution in [1.29, 1.82) is 0 Å². The van der Waals surface area contributed by atoms with Crippen LogP contribution in [0.3, 0.4) is 0 Å². The highest BCUT2D eigenvalue weighted by molar-refractivity contribution is 6.35. The van der Waals surface area contributed by atoms with Crippen molar-refractivity contribution in [1.82, 2.24) is 0 Å². The quantitative estimate of drug-likeness (QED) is 0.125. The first-order valence-corrected chi connectivity index (χ1v) is 13.2. The van der Waals surface area contributed by atoms with E-state index in [1.807, 2.05) is 0 Å². The van der Waals surface area contributed by atoms with Crippen LogP contribution >= 0.6 is 23.2 Å². The van der Waals surface area contributed by atoms with Crippen molar-refractivity contribution >= 4 is 29.2 Å². The molecule has 3 aromatic rings. The molecule has 1 unspecified atom stereocenters. The van der Waals surface area contributed by atoms with Crippen LogP contribution in [0.2, 0.25) is 10.0 Å². The summed E-state index contributed by atoms with van der Waals surface area (Å²) in [6.45, 7) is -3.21. The molecule has 0 aliphatic heterocycles. The normalized spacial score (nSPS) is 13.4. The predicted octanol–water partition coefficient (Wildman–Crippen LogP) is 5.94. The van der Waals surface area contributed by atoms with Gasteiger partial charge in [0.25, 0.3) is 0 Å². The van der Waals surface area contributed by atoms with Crippen LogP contribution in [0.5, 0.6) is 28.7 Å². The lowest BCUT2D eigenvalue weighted by atomic mass is 10.0. The Labute approximate surface area is 245 Å². The fraction of sp³-hybridized carbons (Fsp3) is 0.357. The number of aromatic nitrogens is 1. The van der Waals surface area contributed by atoms with Crippen molar-refractivity contribution in [3.8, 4) is 28.7 Å². The average Bonchev–Trinajstić information content (AvgIpc) is 3.76. The highest BCUT2D eigenvalue weighted by Crippen LogP contribution is 2.38. The molecule has 1 heterocycles. The Kier molecular flexibility index (Phi) is 10.2. The number of benzene rings is 2. The highest BCUT2D eigenvalue weighted by atomic mass is 35.5. The number of hydrogen-bond donors (Lipinski definition) is 0. The molecule has 0 saturated heterocycles. The highest BCUT2D eigenvalue weighted by Gasteiger charge is 2.26. The molecule has 1 aromatic heterocycles. The Bertz CT molecular complexity index is 1350. The molecule has 1 fully saturated rings. The number of methoxy groups -OCH3 is 2. The first-order valence-electron chi connectivity index (χ1n) is 12.5. The van der Waals surface area contributed by atoms with E-state index < -0.39 is 25.3 Å². The summed E-state index contributed by atoms with van der Waals surface area (Å²) in [5, 5.41) is 11.8. The molecular formula is C28H27Cl2F2NO8. The number of esters is 1. The topological polar surface area (TPSA) is 99.4 Å². The van der Waals surface area contributed by atoms with Gasteiger partial charge in [0.05, 0.1) is 20.8 Å². The van der Waals surface area contributed by atoms with Crippen LogP contribution in [0, 0.1) is 11.1 Å². The van der Waals surface area contributed by atoms with Crippen molar-refractivity contribution in [3.05, 3.63) is 75.2 Å². The number of pyridine rings is 1. The van der Waals surface area contributed by atoms with Gasteiger partial charge in [-0.1, -0.05) is 29.3 Å². The largest absolute Gasteiger partial charge is 0.619 e. The third-order valence-corrected chi connectivity index (χ3v) is 6.81. The number of alkyl halides is 2. The second-order valence-electron chi connectivity index (χ2n) is 9.12. The molecule has 13 heteroatoms. The van der Waals surface area contributed by atoms with E-state index in [2.05, 4.69) is 4.74 Å². The zero-order valence-corrected chi connectivity index (χ0v) is 23.6. The van der Waals surface area contributed by atoms with Crippen LogP contribution in [0.25, 0.3) is 0 Å². The molecular weight excluding hydrogens is 587 g/mol. The maximum atomic E-state index is 13.0.